The average molecular weight is 269 g/mol. The van der Waals surface area contributed by atoms with Crippen molar-refractivity contribution in [1.29, 1.82) is 0 Å². The van der Waals surface area contributed by atoms with Crippen molar-refractivity contribution in [2.24, 2.45) is 5.41 Å². The van der Waals surface area contributed by atoms with Gasteiger partial charge in [-0.25, -0.2) is 0 Å². The van der Waals surface area contributed by atoms with Gasteiger partial charge in [-0.3, -0.25) is 4.79 Å². The Morgan fingerprint density at radius 3 is 2.68 bits per heavy atom. The summed E-state index contributed by atoms with van der Waals surface area (Å²) in [7, 11) is 2.15. The molecule has 2 unspecified atom stereocenters. The van der Waals surface area contributed by atoms with Crippen molar-refractivity contribution >= 4 is 5.97 Å². The molecule has 2 atom stereocenters. The molecule has 0 aromatic heterocycles. The number of carboxylic acid groups (broad SMARTS) is 1. The van der Waals surface area contributed by atoms with E-state index in [-0.39, 0.29) is 6.42 Å². The third-order valence-electron chi connectivity index (χ3n) is 5.08. The smallest absolute Gasteiger partial charge is 0.303 e. The van der Waals surface area contributed by atoms with E-state index < -0.39 is 5.97 Å². The highest BCUT2D eigenvalue weighted by Crippen LogP contribution is 2.56. The predicted octanol–water partition coefficient (Wildman–Crippen LogP) is 2.52. The second kappa shape index (κ2) is 6.23. The summed E-state index contributed by atoms with van der Waals surface area (Å²) in [5.41, 5.74) is 0.369. The Bertz CT molecular complexity index is 313. The Kier molecular flexibility index (Phi) is 4.85. The first kappa shape index (κ1) is 14.8. The van der Waals surface area contributed by atoms with Crippen LogP contribution in [0.25, 0.3) is 0 Å². The lowest BCUT2D eigenvalue weighted by Gasteiger charge is -2.57. The quantitative estimate of drug-likeness (QED) is 0.771. The van der Waals surface area contributed by atoms with Crippen LogP contribution in [-0.4, -0.2) is 48.3 Å². The number of ether oxygens (including phenoxy) is 1. The van der Waals surface area contributed by atoms with Gasteiger partial charge in [0.05, 0.1) is 6.10 Å². The van der Waals surface area contributed by atoms with Gasteiger partial charge in [-0.05, 0) is 46.2 Å². The molecule has 0 aromatic rings. The summed E-state index contributed by atoms with van der Waals surface area (Å²) in [6, 6.07) is 0.598. The molecule has 1 N–H and O–H groups in total. The molecule has 2 fully saturated rings. The highest BCUT2D eigenvalue weighted by Gasteiger charge is 2.57. The third kappa shape index (κ3) is 2.95. The van der Waals surface area contributed by atoms with Crippen LogP contribution >= 0.6 is 0 Å². The maximum absolute atomic E-state index is 10.6. The van der Waals surface area contributed by atoms with Crippen LogP contribution < -0.4 is 0 Å². The lowest BCUT2D eigenvalue weighted by Crippen LogP contribution is -2.63. The minimum absolute atomic E-state index is 0.277. The maximum atomic E-state index is 10.6. The summed E-state index contributed by atoms with van der Waals surface area (Å²) in [6.45, 7) is 3.77. The summed E-state index contributed by atoms with van der Waals surface area (Å²) >= 11 is 0. The number of nitrogens with zero attached hydrogens (tertiary/aromatic N) is 1. The van der Waals surface area contributed by atoms with Crippen LogP contribution in [0.5, 0.6) is 0 Å². The largest absolute Gasteiger partial charge is 0.481 e. The van der Waals surface area contributed by atoms with Gasteiger partial charge in [0, 0.05) is 24.5 Å². The first-order valence-corrected chi connectivity index (χ1v) is 7.64. The molecule has 2 saturated carbocycles. The van der Waals surface area contributed by atoms with Crippen LogP contribution in [0.15, 0.2) is 0 Å². The highest BCUT2D eigenvalue weighted by molar-refractivity contribution is 5.66. The monoisotopic (exact) mass is 269 g/mol. The molecule has 0 bridgehead atoms. The molecule has 4 heteroatoms. The fourth-order valence-corrected chi connectivity index (χ4v) is 4.10. The number of carboxylic acids is 1. The summed E-state index contributed by atoms with van der Waals surface area (Å²) in [4.78, 5) is 13.0. The number of hydrogen-bond donors (Lipinski definition) is 1. The number of carbonyl (C=O) groups is 1. The summed E-state index contributed by atoms with van der Waals surface area (Å²) in [6.07, 6.45) is 7.80. The van der Waals surface area contributed by atoms with Gasteiger partial charge in [0.25, 0.3) is 0 Å². The topological polar surface area (TPSA) is 49.8 Å². The van der Waals surface area contributed by atoms with Gasteiger partial charge in [0.1, 0.15) is 0 Å². The molecule has 2 rings (SSSR count). The van der Waals surface area contributed by atoms with Crippen molar-refractivity contribution in [1.82, 2.24) is 4.90 Å². The van der Waals surface area contributed by atoms with Gasteiger partial charge in [-0.15, -0.1) is 0 Å². The molecule has 4 nitrogen and oxygen atoms in total. The van der Waals surface area contributed by atoms with Gasteiger partial charge in [-0.2, -0.15) is 0 Å². The first-order valence-electron chi connectivity index (χ1n) is 7.64. The molecule has 1 spiro atoms. The predicted molar refractivity (Wildman–Crippen MR) is 74.2 cm³/mol. The Labute approximate surface area is 116 Å². The maximum Gasteiger partial charge on any atom is 0.303 e. The van der Waals surface area contributed by atoms with Crippen LogP contribution in [-0.2, 0) is 9.53 Å². The normalized spacial score (nSPS) is 28.8. The number of aliphatic carboxylic acids is 1. The minimum atomic E-state index is -0.690. The van der Waals surface area contributed by atoms with Crippen molar-refractivity contribution in [3.8, 4) is 0 Å². The van der Waals surface area contributed by atoms with E-state index in [0.717, 1.165) is 26.0 Å². The molecule has 0 heterocycles. The van der Waals surface area contributed by atoms with Gasteiger partial charge >= 0.3 is 5.97 Å². The van der Waals surface area contributed by atoms with Crippen molar-refractivity contribution in [3.05, 3.63) is 0 Å². The van der Waals surface area contributed by atoms with Crippen molar-refractivity contribution in [3.63, 3.8) is 0 Å². The highest BCUT2D eigenvalue weighted by atomic mass is 16.5. The lowest BCUT2D eigenvalue weighted by molar-refractivity contribution is -0.160. The molecular weight excluding hydrogens is 242 g/mol. The van der Waals surface area contributed by atoms with Gasteiger partial charge in [-0.1, -0.05) is 12.8 Å². The standard InChI is InChI=1S/C15H27NO3/c1-3-19-13-11-12(15(13)8-4-5-9-15)16(2)10-6-7-14(17)18/h12-13H,3-11H2,1-2H3,(H,17,18). The van der Waals surface area contributed by atoms with E-state index in [0.29, 0.717) is 17.6 Å². The Hall–Kier alpha value is -0.610. The van der Waals surface area contributed by atoms with E-state index in [1.165, 1.54) is 25.7 Å². The zero-order valence-corrected chi connectivity index (χ0v) is 12.2. The molecule has 2 aliphatic rings. The van der Waals surface area contributed by atoms with Crippen LogP contribution in [0.3, 0.4) is 0 Å². The fraction of sp³-hybridized carbons (Fsp3) is 0.933. The van der Waals surface area contributed by atoms with E-state index in [1.807, 2.05) is 0 Å². The van der Waals surface area contributed by atoms with Gasteiger partial charge < -0.3 is 14.7 Å². The molecule has 0 radical (unpaired) electrons. The third-order valence-corrected chi connectivity index (χ3v) is 5.08. The number of hydrogen-bond acceptors (Lipinski definition) is 3. The zero-order valence-electron chi connectivity index (χ0n) is 12.2. The summed E-state index contributed by atoms with van der Waals surface area (Å²) in [5, 5.41) is 8.71. The molecule has 19 heavy (non-hydrogen) atoms. The van der Waals surface area contributed by atoms with E-state index in [9.17, 15) is 4.79 Å². The van der Waals surface area contributed by atoms with E-state index in [4.69, 9.17) is 9.84 Å². The van der Waals surface area contributed by atoms with E-state index in [1.54, 1.807) is 0 Å². The second-order valence-corrected chi connectivity index (χ2v) is 6.11. The summed E-state index contributed by atoms with van der Waals surface area (Å²) in [5.74, 6) is -0.690. The molecule has 0 aromatic carbocycles. The SMILES string of the molecule is CCOC1CC(N(C)CCCC(=O)O)C12CCCC2. The van der Waals surface area contributed by atoms with Crippen molar-refractivity contribution in [2.45, 2.75) is 64.0 Å². The van der Waals surface area contributed by atoms with Crippen LogP contribution in [0.2, 0.25) is 0 Å². The van der Waals surface area contributed by atoms with Crippen molar-refractivity contribution < 1.29 is 14.6 Å². The Morgan fingerprint density at radius 1 is 1.42 bits per heavy atom. The lowest BCUT2D eigenvalue weighted by atomic mass is 9.60. The Balaban J connectivity index is 1.87. The van der Waals surface area contributed by atoms with Crippen LogP contribution in [0.4, 0.5) is 0 Å². The van der Waals surface area contributed by atoms with Crippen LogP contribution in [0, 0.1) is 5.41 Å². The molecular formula is C15H27NO3. The Morgan fingerprint density at radius 2 is 2.11 bits per heavy atom. The molecule has 0 aliphatic heterocycles. The fourth-order valence-electron chi connectivity index (χ4n) is 4.10. The van der Waals surface area contributed by atoms with E-state index in [2.05, 4.69) is 18.9 Å². The summed E-state index contributed by atoms with van der Waals surface area (Å²) < 4.78 is 5.92. The zero-order chi connectivity index (χ0) is 13.9. The molecule has 0 amide bonds. The first-order chi connectivity index (χ1) is 9.10. The van der Waals surface area contributed by atoms with Crippen LogP contribution in [0.1, 0.15) is 51.9 Å². The minimum Gasteiger partial charge on any atom is -0.481 e. The molecule has 2 aliphatic carbocycles. The average Bonchev–Trinajstić information content (AvgIpc) is 2.85. The van der Waals surface area contributed by atoms with Gasteiger partial charge in [0.2, 0.25) is 0 Å². The molecule has 110 valence electrons. The second-order valence-electron chi connectivity index (χ2n) is 6.11. The van der Waals surface area contributed by atoms with E-state index >= 15 is 0 Å². The molecule has 0 saturated heterocycles. The number of rotatable bonds is 7. The van der Waals surface area contributed by atoms with Gasteiger partial charge in [0.15, 0.2) is 0 Å². The van der Waals surface area contributed by atoms with Crippen molar-refractivity contribution in [2.75, 3.05) is 20.2 Å².